The lowest BCUT2D eigenvalue weighted by atomic mass is 9.99. The average molecular weight is 340 g/mol. The Labute approximate surface area is 133 Å². The SMILES string of the molecule is CCCCCCCCCC(NCC)c1ccc(Br)cc1. The molecule has 0 aromatic heterocycles. The second-order valence-electron chi connectivity index (χ2n) is 5.57. The van der Waals surface area contributed by atoms with E-state index in [9.17, 15) is 0 Å². The summed E-state index contributed by atoms with van der Waals surface area (Å²) in [5.74, 6) is 0. The van der Waals surface area contributed by atoms with Crippen molar-refractivity contribution in [1.29, 1.82) is 0 Å². The fourth-order valence-electron chi connectivity index (χ4n) is 2.63. The Kier molecular flexibility index (Phi) is 10.0. The van der Waals surface area contributed by atoms with Gasteiger partial charge in [-0.05, 0) is 30.7 Å². The second-order valence-corrected chi connectivity index (χ2v) is 6.49. The Morgan fingerprint density at radius 1 is 0.900 bits per heavy atom. The molecule has 0 spiro atoms. The lowest BCUT2D eigenvalue weighted by Crippen LogP contribution is -2.20. The van der Waals surface area contributed by atoms with Crippen LogP contribution in [0.25, 0.3) is 0 Å². The van der Waals surface area contributed by atoms with E-state index in [1.54, 1.807) is 0 Å². The van der Waals surface area contributed by atoms with E-state index < -0.39 is 0 Å². The lowest BCUT2D eigenvalue weighted by Gasteiger charge is -2.18. The number of hydrogen-bond donors (Lipinski definition) is 1. The van der Waals surface area contributed by atoms with Crippen LogP contribution in [-0.4, -0.2) is 6.54 Å². The molecular weight excluding hydrogens is 310 g/mol. The molecule has 1 unspecified atom stereocenters. The smallest absolute Gasteiger partial charge is 0.0320 e. The first kappa shape index (κ1) is 17.7. The van der Waals surface area contributed by atoms with Crippen molar-refractivity contribution in [3.63, 3.8) is 0 Å². The molecule has 1 nitrogen and oxygen atoms in total. The van der Waals surface area contributed by atoms with Gasteiger partial charge in [-0.2, -0.15) is 0 Å². The van der Waals surface area contributed by atoms with Crippen LogP contribution in [0.2, 0.25) is 0 Å². The second kappa shape index (κ2) is 11.3. The van der Waals surface area contributed by atoms with Crippen LogP contribution in [0.1, 0.15) is 76.8 Å². The minimum Gasteiger partial charge on any atom is -0.310 e. The van der Waals surface area contributed by atoms with Crippen LogP contribution >= 0.6 is 15.9 Å². The largest absolute Gasteiger partial charge is 0.310 e. The van der Waals surface area contributed by atoms with Crippen molar-refractivity contribution in [1.82, 2.24) is 5.32 Å². The van der Waals surface area contributed by atoms with Gasteiger partial charge in [0.15, 0.2) is 0 Å². The van der Waals surface area contributed by atoms with Gasteiger partial charge in [-0.15, -0.1) is 0 Å². The summed E-state index contributed by atoms with van der Waals surface area (Å²) in [6, 6.07) is 9.27. The Hall–Kier alpha value is -0.340. The molecular formula is C18H30BrN. The molecule has 0 saturated heterocycles. The third-order valence-electron chi connectivity index (χ3n) is 3.82. The Morgan fingerprint density at radius 2 is 1.50 bits per heavy atom. The topological polar surface area (TPSA) is 12.0 Å². The molecule has 20 heavy (non-hydrogen) atoms. The van der Waals surface area contributed by atoms with Crippen LogP contribution in [-0.2, 0) is 0 Å². The molecule has 0 amide bonds. The van der Waals surface area contributed by atoms with Crippen LogP contribution in [0.3, 0.4) is 0 Å². The minimum atomic E-state index is 0.517. The van der Waals surface area contributed by atoms with E-state index in [-0.39, 0.29) is 0 Å². The van der Waals surface area contributed by atoms with Gasteiger partial charge in [-0.1, -0.05) is 86.9 Å². The van der Waals surface area contributed by atoms with E-state index >= 15 is 0 Å². The number of unbranched alkanes of at least 4 members (excludes halogenated alkanes) is 6. The molecule has 0 aliphatic rings. The third-order valence-corrected chi connectivity index (χ3v) is 4.35. The molecule has 1 aromatic carbocycles. The van der Waals surface area contributed by atoms with Gasteiger partial charge in [0.05, 0.1) is 0 Å². The molecule has 1 aromatic rings. The van der Waals surface area contributed by atoms with Gasteiger partial charge in [-0.3, -0.25) is 0 Å². The molecule has 1 atom stereocenters. The highest BCUT2D eigenvalue weighted by Gasteiger charge is 2.09. The maximum atomic E-state index is 3.61. The van der Waals surface area contributed by atoms with Crippen molar-refractivity contribution < 1.29 is 0 Å². The molecule has 114 valence electrons. The molecule has 0 radical (unpaired) electrons. The summed E-state index contributed by atoms with van der Waals surface area (Å²) < 4.78 is 1.16. The zero-order chi connectivity index (χ0) is 14.6. The van der Waals surface area contributed by atoms with E-state index in [0.717, 1.165) is 11.0 Å². The number of nitrogens with one attached hydrogen (secondary N) is 1. The molecule has 0 aliphatic carbocycles. The standard InChI is InChI=1S/C18H30BrN/c1-3-5-6-7-8-9-10-11-18(20-4-2)16-12-14-17(19)15-13-16/h12-15,18,20H,3-11H2,1-2H3. The van der Waals surface area contributed by atoms with E-state index in [1.165, 1.54) is 56.9 Å². The zero-order valence-corrected chi connectivity index (χ0v) is 14.7. The summed E-state index contributed by atoms with van der Waals surface area (Å²) in [6.45, 7) is 5.51. The van der Waals surface area contributed by atoms with Crippen molar-refractivity contribution in [3.05, 3.63) is 34.3 Å². The molecule has 2 heteroatoms. The van der Waals surface area contributed by atoms with E-state index in [2.05, 4.69) is 59.4 Å². The van der Waals surface area contributed by atoms with Crippen molar-refractivity contribution in [3.8, 4) is 0 Å². The molecule has 0 bridgehead atoms. The van der Waals surface area contributed by atoms with Gasteiger partial charge in [0.25, 0.3) is 0 Å². The summed E-state index contributed by atoms with van der Waals surface area (Å²) in [5.41, 5.74) is 1.42. The van der Waals surface area contributed by atoms with Crippen molar-refractivity contribution >= 4 is 15.9 Å². The van der Waals surface area contributed by atoms with Crippen LogP contribution in [0.4, 0.5) is 0 Å². The van der Waals surface area contributed by atoms with Gasteiger partial charge in [-0.25, -0.2) is 0 Å². The molecule has 0 heterocycles. The molecule has 1 N–H and O–H groups in total. The van der Waals surface area contributed by atoms with Gasteiger partial charge in [0.2, 0.25) is 0 Å². The van der Waals surface area contributed by atoms with Crippen LogP contribution < -0.4 is 5.32 Å². The highest BCUT2D eigenvalue weighted by molar-refractivity contribution is 9.10. The highest BCUT2D eigenvalue weighted by Crippen LogP contribution is 2.22. The first-order valence-electron chi connectivity index (χ1n) is 8.26. The Bertz CT molecular complexity index is 334. The molecule has 0 saturated carbocycles. The van der Waals surface area contributed by atoms with Gasteiger partial charge >= 0.3 is 0 Å². The average Bonchev–Trinajstić information content (AvgIpc) is 2.46. The molecule has 1 rings (SSSR count). The minimum absolute atomic E-state index is 0.517. The van der Waals surface area contributed by atoms with Crippen molar-refractivity contribution in [2.24, 2.45) is 0 Å². The maximum Gasteiger partial charge on any atom is 0.0320 e. The predicted octanol–water partition coefficient (Wildman–Crippen LogP) is 6.24. The predicted molar refractivity (Wildman–Crippen MR) is 93.2 cm³/mol. The van der Waals surface area contributed by atoms with Crippen LogP contribution in [0, 0.1) is 0 Å². The first-order chi connectivity index (χ1) is 9.77. The summed E-state index contributed by atoms with van der Waals surface area (Å²) in [7, 11) is 0. The van der Waals surface area contributed by atoms with Crippen molar-refractivity contribution in [2.45, 2.75) is 71.3 Å². The zero-order valence-electron chi connectivity index (χ0n) is 13.1. The normalized spacial score (nSPS) is 12.6. The van der Waals surface area contributed by atoms with Gasteiger partial charge in [0, 0.05) is 10.5 Å². The van der Waals surface area contributed by atoms with E-state index in [1.807, 2.05) is 0 Å². The maximum absolute atomic E-state index is 3.61. The summed E-state index contributed by atoms with van der Waals surface area (Å²) in [5, 5.41) is 3.61. The molecule has 0 aliphatic heterocycles. The van der Waals surface area contributed by atoms with Crippen LogP contribution in [0.15, 0.2) is 28.7 Å². The fourth-order valence-corrected chi connectivity index (χ4v) is 2.90. The lowest BCUT2D eigenvalue weighted by molar-refractivity contribution is 0.475. The van der Waals surface area contributed by atoms with Gasteiger partial charge in [0.1, 0.15) is 0 Å². The van der Waals surface area contributed by atoms with E-state index in [0.29, 0.717) is 6.04 Å². The highest BCUT2D eigenvalue weighted by atomic mass is 79.9. The van der Waals surface area contributed by atoms with Crippen molar-refractivity contribution in [2.75, 3.05) is 6.54 Å². The summed E-state index contributed by atoms with van der Waals surface area (Å²) in [6.07, 6.45) is 10.9. The number of halogens is 1. The van der Waals surface area contributed by atoms with Crippen LogP contribution in [0.5, 0.6) is 0 Å². The Balaban J connectivity index is 2.27. The summed E-state index contributed by atoms with van der Waals surface area (Å²) in [4.78, 5) is 0. The number of benzene rings is 1. The van der Waals surface area contributed by atoms with Gasteiger partial charge < -0.3 is 5.32 Å². The quantitative estimate of drug-likeness (QED) is 0.470. The molecule has 0 fully saturated rings. The summed E-state index contributed by atoms with van der Waals surface area (Å²) >= 11 is 3.51. The fraction of sp³-hybridized carbons (Fsp3) is 0.667. The monoisotopic (exact) mass is 339 g/mol. The van der Waals surface area contributed by atoms with E-state index in [4.69, 9.17) is 0 Å². The Morgan fingerprint density at radius 3 is 2.10 bits per heavy atom. The third kappa shape index (κ3) is 7.44. The number of hydrogen-bond acceptors (Lipinski definition) is 1. The number of rotatable bonds is 11. The first-order valence-corrected chi connectivity index (χ1v) is 9.06.